The van der Waals surface area contributed by atoms with Gasteiger partial charge in [0, 0.05) is 25.6 Å². The van der Waals surface area contributed by atoms with Crippen LogP contribution in [-0.2, 0) is 6.42 Å². The number of benzene rings is 1. The average Bonchev–Trinajstić information content (AvgIpc) is 3.10. The first-order valence-corrected chi connectivity index (χ1v) is 6.84. The van der Waals surface area contributed by atoms with Crippen LogP contribution in [0, 0.1) is 5.82 Å². The van der Waals surface area contributed by atoms with E-state index in [1.54, 1.807) is 12.1 Å². The predicted molar refractivity (Wildman–Crippen MR) is 69.3 cm³/mol. The summed E-state index contributed by atoms with van der Waals surface area (Å²) >= 11 is 5.95. The first kappa shape index (κ1) is 12.4. The minimum Gasteiger partial charge on any atom is -0.388 e. The summed E-state index contributed by atoms with van der Waals surface area (Å²) in [6, 6.07) is 5.46. The molecule has 1 atom stereocenters. The number of β-amino-alcohol motifs (C(OH)–C–C–N with tert-alkyl or cyclic N) is 1. The van der Waals surface area contributed by atoms with Gasteiger partial charge >= 0.3 is 0 Å². The summed E-state index contributed by atoms with van der Waals surface area (Å²) in [5, 5.41) is 10.7. The van der Waals surface area contributed by atoms with Crippen molar-refractivity contribution in [1.82, 2.24) is 4.90 Å². The first-order chi connectivity index (χ1) is 8.57. The van der Waals surface area contributed by atoms with Crippen molar-refractivity contribution < 1.29 is 9.50 Å². The van der Waals surface area contributed by atoms with E-state index in [-0.39, 0.29) is 5.02 Å². The third kappa shape index (κ3) is 2.40. The molecular formula is C14H17ClFNO. The molecule has 1 saturated heterocycles. The summed E-state index contributed by atoms with van der Waals surface area (Å²) in [6.45, 7) is 1.62. The molecule has 4 heteroatoms. The van der Waals surface area contributed by atoms with Crippen LogP contribution in [0.25, 0.3) is 0 Å². The van der Waals surface area contributed by atoms with Crippen LogP contribution in [0.2, 0.25) is 5.02 Å². The summed E-state index contributed by atoms with van der Waals surface area (Å²) in [4.78, 5) is 2.34. The van der Waals surface area contributed by atoms with E-state index in [9.17, 15) is 9.50 Å². The Labute approximate surface area is 111 Å². The Kier molecular flexibility index (Phi) is 3.08. The lowest BCUT2D eigenvalue weighted by atomic mass is 9.93. The molecule has 0 bridgehead atoms. The smallest absolute Gasteiger partial charge is 0.142 e. The van der Waals surface area contributed by atoms with Crippen molar-refractivity contribution >= 4 is 11.6 Å². The van der Waals surface area contributed by atoms with E-state index >= 15 is 0 Å². The van der Waals surface area contributed by atoms with Gasteiger partial charge in [-0.15, -0.1) is 0 Å². The molecule has 1 saturated carbocycles. The molecule has 1 aliphatic heterocycles. The van der Waals surface area contributed by atoms with Gasteiger partial charge in [0.1, 0.15) is 5.82 Å². The second-order valence-electron chi connectivity index (χ2n) is 5.57. The zero-order chi connectivity index (χ0) is 12.8. The molecule has 0 spiro atoms. The molecule has 18 heavy (non-hydrogen) atoms. The Morgan fingerprint density at radius 2 is 2.22 bits per heavy atom. The lowest BCUT2D eigenvalue weighted by molar-refractivity contribution is 0.0487. The van der Waals surface area contributed by atoms with Crippen molar-refractivity contribution in [3.05, 3.63) is 34.6 Å². The molecule has 0 aromatic heterocycles. The van der Waals surface area contributed by atoms with Crippen LogP contribution in [0.4, 0.5) is 4.39 Å². The molecule has 1 N–H and O–H groups in total. The minimum absolute atomic E-state index is 0.149. The number of hydrogen-bond donors (Lipinski definition) is 1. The number of nitrogens with zero attached hydrogens (tertiary/aromatic N) is 1. The molecule has 98 valence electrons. The topological polar surface area (TPSA) is 23.5 Å². The Hall–Kier alpha value is -0.640. The fourth-order valence-corrected chi connectivity index (χ4v) is 3.02. The van der Waals surface area contributed by atoms with Crippen LogP contribution < -0.4 is 0 Å². The van der Waals surface area contributed by atoms with E-state index in [0.29, 0.717) is 24.6 Å². The number of aliphatic hydroxyl groups is 1. The monoisotopic (exact) mass is 269 g/mol. The van der Waals surface area contributed by atoms with Crippen LogP contribution >= 0.6 is 11.6 Å². The number of rotatable bonds is 3. The van der Waals surface area contributed by atoms with E-state index < -0.39 is 11.4 Å². The second kappa shape index (κ2) is 4.48. The van der Waals surface area contributed by atoms with E-state index in [2.05, 4.69) is 4.90 Å². The van der Waals surface area contributed by atoms with Gasteiger partial charge in [-0.3, -0.25) is 4.90 Å². The van der Waals surface area contributed by atoms with Crippen molar-refractivity contribution in [3.8, 4) is 0 Å². The van der Waals surface area contributed by atoms with Gasteiger partial charge in [-0.05, 0) is 30.9 Å². The molecule has 1 aromatic rings. The molecule has 1 aliphatic carbocycles. The van der Waals surface area contributed by atoms with Crippen LogP contribution in [0.1, 0.15) is 24.8 Å². The van der Waals surface area contributed by atoms with Gasteiger partial charge < -0.3 is 5.11 Å². The third-order valence-electron chi connectivity index (χ3n) is 3.98. The summed E-state index contributed by atoms with van der Waals surface area (Å²) < 4.78 is 13.4. The van der Waals surface area contributed by atoms with Crippen molar-refractivity contribution in [2.24, 2.45) is 0 Å². The zero-order valence-corrected chi connectivity index (χ0v) is 11.0. The molecule has 1 unspecified atom stereocenters. The summed E-state index contributed by atoms with van der Waals surface area (Å²) in [5.41, 5.74) is -0.0446. The normalized spacial score (nSPS) is 28.8. The van der Waals surface area contributed by atoms with E-state index in [1.807, 2.05) is 0 Å². The highest BCUT2D eigenvalue weighted by Gasteiger charge is 2.42. The van der Waals surface area contributed by atoms with Crippen LogP contribution in [0.15, 0.2) is 18.2 Å². The van der Waals surface area contributed by atoms with Gasteiger partial charge in [0.25, 0.3) is 0 Å². The lowest BCUT2D eigenvalue weighted by Gasteiger charge is -2.24. The fraction of sp³-hybridized carbons (Fsp3) is 0.571. The van der Waals surface area contributed by atoms with Gasteiger partial charge in [0.05, 0.1) is 10.6 Å². The van der Waals surface area contributed by atoms with Gasteiger partial charge in [0.15, 0.2) is 0 Å². The third-order valence-corrected chi connectivity index (χ3v) is 4.40. The molecule has 2 nitrogen and oxygen atoms in total. The average molecular weight is 270 g/mol. The first-order valence-electron chi connectivity index (χ1n) is 6.47. The number of hydrogen-bond acceptors (Lipinski definition) is 2. The van der Waals surface area contributed by atoms with Crippen molar-refractivity contribution in [2.45, 2.75) is 37.3 Å². The Morgan fingerprint density at radius 3 is 2.94 bits per heavy atom. The van der Waals surface area contributed by atoms with Gasteiger partial charge in [-0.2, -0.15) is 0 Å². The SMILES string of the molecule is OC1(Cc2cccc(F)c2Cl)CCN(C2CC2)C1. The Balaban J connectivity index is 1.73. The van der Waals surface area contributed by atoms with Crippen molar-refractivity contribution in [1.29, 1.82) is 0 Å². The van der Waals surface area contributed by atoms with Gasteiger partial charge in [0.2, 0.25) is 0 Å². The standard InChI is InChI=1S/C14H17ClFNO/c15-13-10(2-1-3-12(13)16)8-14(18)6-7-17(9-14)11-4-5-11/h1-3,11,18H,4-9H2. The summed E-state index contributed by atoms with van der Waals surface area (Å²) in [7, 11) is 0. The summed E-state index contributed by atoms with van der Waals surface area (Å²) in [5.74, 6) is -0.408. The van der Waals surface area contributed by atoms with E-state index in [0.717, 1.165) is 13.0 Å². The Bertz CT molecular complexity index is 463. The molecule has 0 radical (unpaired) electrons. The predicted octanol–water partition coefficient (Wildman–Crippen LogP) is 2.62. The largest absolute Gasteiger partial charge is 0.388 e. The lowest BCUT2D eigenvalue weighted by Crippen LogP contribution is -2.36. The van der Waals surface area contributed by atoms with Crippen LogP contribution in [0.3, 0.4) is 0 Å². The van der Waals surface area contributed by atoms with E-state index in [1.165, 1.54) is 18.9 Å². The molecule has 1 aromatic carbocycles. The van der Waals surface area contributed by atoms with Crippen molar-refractivity contribution in [2.75, 3.05) is 13.1 Å². The van der Waals surface area contributed by atoms with Crippen molar-refractivity contribution in [3.63, 3.8) is 0 Å². The van der Waals surface area contributed by atoms with Crippen LogP contribution in [0.5, 0.6) is 0 Å². The number of likely N-dealkylation sites (tertiary alicyclic amines) is 1. The minimum atomic E-state index is -0.750. The zero-order valence-electron chi connectivity index (χ0n) is 10.2. The maximum atomic E-state index is 13.4. The maximum Gasteiger partial charge on any atom is 0.142 e. The molecule has 3 rings (SSSR count). The molecule has 1 heterocycles. The highest BCUT2D eigenvalue weighted by molar-refractivity contribution is 6.31. The molecular weight excluding hydrogens is 253 g/mol. The highest BCUT2D eigenvalue weighted by atomic mass is 35.5. The van der Waals surface area contributed by atoms with Crippen LogP contribution in [-0.4, -0.2) is 34.7 Å². The summed E-state index contributed by atoms with van der Waals surface area (Å²) in [6.07, 6.45) is 3.68. The molecule has 2 fully saturated rings. The fourth-order valence-electron chi connectivity index (χ4n) is 2.82. The van der Waals surface area contributed by atoms with E-state index in [4.69, 9.17) is 11.6 Å². The number of halogens is 2. The highest BCUT2D eigenvalue weighted by Crippen LogP contribution is 2.35. The van der Waals surface area contributed by atoms with Gasteiger partial charge in [-0.25, -0.2) is 4.39 Å². The molecule has 2 aliphatic rings. The quantitative estimate of drug-likeness (QED) is 0.912. The Morgan fingerprint density at radius 1 is 1.44 bits per heavy atom. The second-order valence-corrected chi connectivity index (χ2v) is 5.94. The maximum absolute atomic E-state index is 13.4. The molecule has 0 amide bonds. The van der Waals surface area contributed by atoms with Gasteiger partial charge in [-0.1, -0.05) is 23.7 Å².